The van der Waals surface area contributed by atoms with Gasteiger partial charge in [0.2, 0.25) is 0 Å². The van der Waals surface area contributed by atoms with Gasteiger partial charge in [-0.3, -0.25) is 0 Å². The van der Waals surface area contributed by atoms with Crippen LogP contribution in [-0.4, -0.2) is 86.5 Å². The first-order valence-corrected chi connectivity index (χ1v) is 29.8. The molecular formula is C75H76O11. The first-order chi connectivity index (χ1) is 42.5. The molecule has 442 valence electrons. The van der Waals surface area contributed by atoms with Crippen molar-refractivity contribution in [2.24, 2.45) is 0 Å². The second kappa shape index (κ2) is 30.6. The Bertz CT molecular complexity index is 3290. The lowest BCUT2D eigenvalue weighted by atomic mass is 9.80. The van der Waals surface area contributed by atoms with Crippen LogP contribution in [0.25, 0.3) is 0 Å². The van der Waals surface area contributed by atoms with Crippen LogP contribution >= 0.6 is 0 Å². The van der Waals surface area contributed by atoms with Crippen LogP contribution in [-0.2, 0) is 87.9 Å². The van der Waals surface area contributed by atoms with Crippen LogP contribution in [0.1, 0.15) is 56.5 Å². The van der Waals surface area contributed by atoms with E-state index < -0.39 is 66.6 Å². The monoisotopic (exact) mass is 1150 g/mol. The van der Waals surface area contributed by atoms with Crippen LogP contribution in [0.2, 0.25) is 0 Å². The topological polar surface area (TPSA) is 113 Å². The minimum Gasteiger partial charge on any atom is -0.497 e. The third-order valence-electron chi connectivity index (χ3n) is 16.1. The molecule has 0 unspecified atom stereocenters. The summed E-state index contributed by atoms with van der Waals surface area (Å²) in [5, 5.41) is 13.3. The lowest BCUT2D eigenvalue weighted by Crippen LogP contribution is -2.64. The van der Waals surface area contributed by atoms with Gasteiger partial charge in [-0.2, -0.15) is 0 Å². The number of rotatable bonds is 28. The van der Waals surface area contributed by atoms with E-state index in [4.69, 9.17) is 47.4 Å². The Balaban J connectivity index is 1.000. The highest BCUT2D eigenvalue weighted by Crippen LogP contribution is 2.43. The molecule has 2 aliphatic rings. The van der Waals surface area contributed by atoms with Gasteiger partial charge in [0.1, 0.15) is 60.2 Å². The fraction of sp³-hybridized carbons (Fsp3) is 0.280. The van der Waals surface area contributed by atoms with Gasteiger partial charge in [0, 0.05) is 6.42 Å². The predicted molar refractivity (Wildman–Crippen MR) is 331 cm³/mol. The number of hydrogen-bond acceptors (Lipinski definition) is 11. The molecule has 11 nitrogen and oxygen atoms in total. The van der Waals surface area contributed by atoms with Crippen LogP contribution in [0.4, 0.5) is 0 Å². The summed E-state index contributed by atoms with van der Waals surface area (Å²) in [7, 11) is 1.66. The van der Waals surface area contributed by atoms with E-state index in [9.17, 15) is 5.11 Å². The van der Waals surface area contributed by atoms with E-state index in [1.807, 2.05) is 231 Å². The molecule has 9 aromatic carbocycles. The third-order valence-corrected chi connectivity index (χ3v) is 16.1. The molecule has 2 saturated heterocycles. The number of hydrogen-bond donors (Lipinski definition) is 1. The van der Waals surface area contributed by atoms with Crippen LogP contribution in [0.3, 0.4) is 0 Å². The van der Waals surface area contributed by atoms with Gasteiger partial charge in [-0.15, -0.1) is 0 Å². The van der Waals surface area contributed by atoms with E-state index in [1.54, 1.807) is 7.11 Å². The Kier molecular flexibility index (Phi) is 21.4. The quantitative estimate of drug-likeness (QED) is 0.0473. The maximum absolute atomic E-state index is 13.3. The zero-order chi connectivity index (χ0) is 58.6. The highest BCUT2D eigenvalue weighted by atomic mass is 16.6. The van der Waals surface area contributed by atoms with Crippen molar-refractivity contribution in [2.75, 3.05) is 20.3 Å². The molecule has 0 saturated carbocycles. The molecule has 2 heterocycles. The summed E-state index contributed by atoms with van der Waals surface area (Å²) in [6, 6.07) is 88.8. The minimum absolute atomic E-state index is 0.00267. The molecule has 2 aliphatic heterocycles. The summed E-state index contributed by atoms with van der Waals surface area (Å²) in [6.45, 7) is 1.71. The Labute approximate surface area is 505 Å². The van der Waals surface area contributed by atoms with E-state index in [0.717, 1.165) is 50.1 Å². The second-order valence-electron chi connectivity index (χ2n) is 21.9. The molecule has 86 heavy (non-hydrogen) atoms. The molecule has 10 atom stereocenters. The molecule has 11 rings (SSSR count). The molecular weight excluding hydrogens is 1080 g/mol. The van der Waals surface area contributed by atoms with Crippen molar-refractivity contribution in [1.82, 2.24) is 0 Å². The Hall–Kier alpha value is -7.62. The van der Waals surface area contributed by atoms with Crippen molar-refractivity contribution in [3.8, 4) is 5.75 Å². The van der Waals surface area contributed by atoms with Gasteiger partial charge in [0.05, 0.1) is 72.2 Å². The van der Waals surface area contributed by atoms with Gasteiger partial charge < -0.3 is 52.5 Å². The summed E-state index contributed by atoms with van der Waals surface area (Å²) in [6.07, 6.45) is -8.21. The molecule has 9 aromatic rings. The lowest BCUT2D eigenvalue weighted by Gasteiger charge is -2.49. The van der Waals surface area contributed by atoms with Gasteiger partial charge >= 0.3 is 0 Å². The van der Waals surface area contributed by atoms with Crippen molar-refractivity contribution in [2.45, 2.75) is 113 Å². The zero-order valence-electron chi connectivity index (χ0n) is 48.6. The molecule has 0 spiro atoms. The average molecular weight is 1150 g/mol. The van der Waals surface area contributed by atoms with E-state index >= 15 is 0 Å². The standard InChI is InChI=1S/C75H76O11/c1-77-64-44-42-63(43-45-64)75(61-38-22-8-23-39-61,62-40-24-9-25-41-62)84-54-68-71(80-49-57-30-14-4-15-31-57)73(82-51-59-34-18-6-19-35-59)69(76)65(85-68)46-66-70(79-48-56-28-12-3-13-29-56)74(83-52-60-36-20-7-21-37-60)72(81-50-58-32-16-5-17-33-58)67(86-66)53-78-47-55-26-10-2-11-27-55/h2-45,65-74,76H,46-54H2,1H3/t65-,66+,67+,68+,69+,70-,71+,72+,73+,74+/m0/s1. The number of ether oxygens (including phenoxy) is 10. The van der Waals surface area contributed by atoms with Crippen molar-refractivity contribution >= 4 is 0 Å². The van der Waals surface area contributed by atoms with Gasteiger partial charge in [-0.25, -0.2) is 0 Å². The molecule has 0 bridgehead atoms. The third kappa shape index (κ3) is 15.5. The second-order valence-corrected chi connectivity index (χ2v) is 21.9. The molecule has 0 radical (unpaired) electrons. The largest absolute Gasteiger partial charge is 0.497 e. The van der Waals surface area contributed by atoms with E-state index in [0.29, 0.717) is 12.4 Å². The summed E-state index contributed by atoms with van der Waals surface area (Å²) >= 11 is 0. The average Bonchev–Trinajstić information content (AvgIpc) is 2.13. The van der Waals surface area contributed by atoms with Crippen molar-refractivity contribution in [3.63, 3.8) is 0 Å². The van der Waals surface area contributed by atoms with E-state index in [1.165, 1.54) is 0 Å². The summed E-state index contributed by atoms with van der Waals surface area (Å²) < 4.78 is 70.4. The Morgan fingerprint density at radius 2 is 0.640 bits per heavy atom. The highest BCUT2D eigenvalue weighted by molar-refractivity contribution is 5.49. The molecule has 0 aromatic heterocycles. The molecule has 2 fully saturated rings. The van der Waals surface area contributed by atoms with Gasteiger partial charge in [0.15, 0.2) is 0 Å². The Morgan fingerprint density at radius 3 is 1.05 bits per heavy atom. The Morgan fingerprint density at radius 1 is 0.326 bits per heavy atom. The van der Waals surface area contributed by atoms with Crippen molar-refractivity contribution in [3.05, 3.63) is 317 Å². The van der Waals surface area contributed by atoms with E-state index in [-0.39, 0.29) is 52.7 Å². The van der Waals surface area contributed by atoms with Gasteiger partial charge in [0.25, 0.3) is 0 Å². The van der Waals surface area contributed by atoms with Gasteiger partial charge in [-0.1, -0.05) is 255 Å². The normalized spacial score (nSPS) is 22.3. The lowest BCUT2D eigenvalue weighted by molar-refractivity contribution is -0.295. The van der Waals surface area contributed by atoms with Crippen molar-refractivity contribution < 1.29 is 52.5 Å². The van der Waals surface area contributed by atoms with Crippen LogP contribution in [0.15, 0.2) is 267 Å². The SMILES string of the molecule is COc1ccc(C(OC[C@H]2O[C@@H](C[C@H]3O[C@H](COCc4ccccc4)[C@@H](OCc4ccccc4)[C@H](OCc4ccccc4)[C@H]3OCc3ccccc3)[C@@H](O)[C@@H](OCc3ccccc3)[C@@H]2OCc2ccccc2)(c2ccccc2)c2ccccc2)cc1. The van der Waals surface area contributed by atoms with E-state index in [2.05, 4.69) is 36.4 Å². The fourth-order valence-corrected chi connectivity index (χ4v) is 11.7. The fourth-order valence-electron chi connectivity index (χ4n) is 11.7. The minimum atomic E-state index is -1.24. The maximum atomic E-state index is 13.3. The predicted octanol–water partition coefficient (Wildman–Crippen LogP) is 13.4. The molecule has 0 aliphatic carbocycles. The number of methoxy groups -OCH3 is 1. The maximum Gasteiger partial charge on any atom is 0.143 e. The summed E-state index contributed by atoms with van der Waals surface area (Å²) in [5.74, 6) is 0.715. The first-order valence-electron chi connectivity index (χ1n) is 29.8. The van der Waals surface area contributed by atoms with Crippen LogP contribution in [0, 0.1) is 0 Å². The smallest absolute Gasteiger partial charge is 0.143 e. The van der Waals surface area contributed by atoms with Crippen LogP contribution in [0.5, 0.6) is 5.75 Å². The zero-order valence-corrected chi connectivity index (χ0v) is 48.6. The van der Waals surface area contributed by atoms with Crippen molar-refractivity contribution in [1.29, 1.82) is 0 Å². The molecule has 11 heteroatoms. The summed E-state index contributed by atoms with van der Waals surface area (Å²) in [5.41, 5.74) is 7.39. The summed E-state index contributed by atoms with van der Waals surface area (Å²) in [4.78, 5) is 0. The highest BCUT2D eigenvalue weighted by Gasteiger charge is 2.53. The van der Waals surface area contributed by atoms with Gasteiger partial charge in [-0.05, 0) is 62.2 Å². The number of benzene rings is 9. The molecule has 1 N–H and O–H groups in total. The first kappa shape index (κ1) is 60.1. The number of aliphatic hydroxyl groups is 1. The molecule has 0 amide bonds. The number of aliphatic hydroxyl groups excluding tert-OH is 1. The van der Waals surface area contributed by atoms with Crippen LogP contribution < -0.4 is 4.74 Å².